The van der Waals surface area contributed by atoms with Crippen LogP contribution in [0.1, 0.15) is 0 Å². The highest BCUT2D eigenvalue weighted by Gasteiger charge is 2.17. The zero-order valence-corrected chi connectivity index (χ0v) is 12.1. The van der Waals surface area contributed by atoms with Crippen molar-refractivity contribution >= 4 is 43.5 Å². The Labute approximate surface area is 119 Å². The summed E-state index contributed by atoms with van der Waals surface area (Å²) in [6, 6.07) is 1.63. The number of non-ortho nitro benzene ring substituents is 1. The van der Waals surface area contributed by atoms with Gasteiger partial charge in [0.2, 0.25) is 5.91 Å². The summed E-state index contributed by atoms with van der Waals surface area (Å²) in [6.07, 6.45) is 0. The van der Waals surface area contributed by atoms with Crippen LogP contribution in [0, 0.1) is 10.1 Å². The van der Waals surface area contributed by atoms with Crippen molar-refractivity contribution in [3.63, 3.8) is 0 Å². The first-order valence-corrected chi connectivity index (χ1v) is 6.22. The number of hydrogen-bond acceptors (Lipinski definition) is 5. The number of benzene rings is 1. The molecule has 0 aliphatic heterocycles. The molecule has 0 saturated heterocycles. The number of nitro benzene ring substituents is 1. The Morgan fingerprint density at radius 1 is 1.44 bits per heavy atom. The highest BCUT2D eigenvalue weighted by Crippen LogP contribution is 2.37. The minimum atomic E-state index is -0.945. The Morgan fingerprint density at radius 2 is 1.94 bits per heavy atom. The molecule has 1 unspecified atom stereocenters. The van der Waals surface area contributed by atoms with E-state index in [0.29, 0.717) is 14.7 Å². The SMILES string of the molecule is NC(=O)C(N)COc1c(Br)cc([N+](=O)[O-])cc1Br. The third-order valence-electron chi connectivity index (χ3n) is 1.97. The number of hydrogen-bond donors (Lipinski definition) is 2. The molecule has 0 fully saturated rings. The van der Waals surface area contributed by atoms with Crippen LogP contribution < -0.4 is 16.2 Å². The lowest BCUT2D eigenvalue weighted by Gasteiger charge is -2.12. The van der Waals surface area contributed by atoms with Crippen molar-refractivity contribution in [1.82, 2.24) is 0 Å². The minimum absolute atomic E-state index is 0.0969. The number of rotatable bonds is 5. The van der Waals surface area contributed by atoms with Crippen molar-refractivity contribution < 1.29 is 14.5 Å². The van der Waals surface area contributed by atoms with E-state index in [2.05, 4.69) is 31.9 Å². The maximum atomic E-state index is 10.7. The summed E-state index contributed by atoms with van der Waals surface area (Å²) in [5, 5.41) is 10.6. The van der Waals surface area contributed by atoms with E-state index in [-0.39, 0.29) is 12.3 Å². The topological polar surface area (TPSA) is 121 Å². The molecule has 0 saturated carbocycles. The maximum absolute atomic E-state index is 10.7. The van der Waals surface area contributed by atoms with Crippen LogP contribution in [0.15, 0.2) is 21.1 Å². The summed E-state index contributed by atoms with van der Waals surface area (Å²) in [4.78, 5) is 20.8. The summed E-state index contributed by atoms with van der Waals surface area (Å²) >= 11 is 6.27. The maximum Gasteiger partial charge on any atom is 0.271 e. The zero-order chi connectivity index (χ0) is 13.9. The Hall–Kier alpha value is -1.19. The van der Waals surface area contributed by atoms with Gasteiger partial charge in [-0.05, 0) is 31.9 Å². The van der Waals surface area contributed by atoms with E-state index in [4.69, 9.17) is 16.2 Å². The molecule has 0 heterocycles. The predicted molar refractivity (Wildman–Crippen MR) is 71.2 cm³/mol. The lowest BCUT2D eigenvalue weighted by atomic mass is 10.3. The molecule has 18 heavy (non-hydrogen) atoms. The van der Waals surface area contributed by atoms with Crippen molar-refractivity contribution in [3.05, 3.63) is 31.2 Å². The number of ether oxygens (including phenoxy) is 1. The number of carbonyl (C=O) groups excluding carboxylic acids is 1. The molecule has 1 aromatic carbocycles. The van der Waals surface area contributed by atoms with E-state index >= 15 is 0 Å². The van der Waals surface area contributed by atoms with Gasteiger partial charge in [0.05, 0.1) is 13.9 Å². The fourth-order valence-electron chi connectivity index (χ4n) is 1.05. The highest BCUT2D eigenvalue weighted by molar-refractivity contribution is 9.11. The smallest absolute Gasteiger partial charge is 0.271 e. The number of carbonyl (C=O) groups is 1. The molecule has 0 aromatic heterocycles. The monoisotopic (exact) mass is 381 g/mol. The Kier molecular flexibility index (Phi) is 5.05. The summed E-state index contributed by atoms with van der Waals surface area (Å²) in [5.41, 5.74) is 10.3. The number of nitrogens with two attached hydrogens (primary N) is 2. The Morgan fingerprint density at radius 3 is 2.33 bits per heavy atom. The average molecular weight is 383 g/mol. The van der Waals surface area contributed by atoms with Gasteiger partial charge in [-0.1, -0.05) is 0 Å². The third-order valence-corrected chi connectivity index (χ3v) is 3.14. The third kappa shape index (κ3) is 3.65. The van der Waals surface area contributed by atoms with Crippen LogP contribution in [0.4, 0.5) is 5.69 Å². The van der Waals surface area contributed by atoms with E-state index in [1.807, 2.05) is 0 Å². The predicted octanol–water partition coefficient (Wildman–Crippen LogP) is 1.31. The lowest BCUT2D eigenvalue weighted by Crippen LogP contribution is -2.41. The molecule has 0 aliphatic rings. The van der Waals surface area contributed by atoms with E-state index < -0.39 is 16.9 Å². The number of halogens is 2. The lowest BCUT2D eigenvalue weighted by molar-refractivity contribution is -0.385. The molecule has 0 radical (unpaired) electrons. The van der Waals surface area contributed by atoms with Gasteiger partial charge in [-0.25, -0.2) is 0 Å². The molecule has 98 valence electrons. The molecular formula is C9H9Br2N3O4. The fraction of sp³-hybridized carbons (Fsp3) is 0.222. The van der Waals surface area contributed by atoms with Gasteiger partial charge in [-0.3, -0.25) is 14.9 Å². The number of primary amides is 1. The second-order valence-electron chi connectivity index (χ2n) is 3.32. The van der Waals surface area contributed by atoms with Gasteiger partial charge in [0.1, 0.15) is 18.4 Å². The van der Waals surface area contributed by atoms with Gasteiger partial charge in [-0.15, -0.1) is 0 Å². The van der Waals surface area contributed by atoms with Crippen LogP contribution in [-0.2, 0) is 4.79 Å². The van der Waals surface area contributed by atoms with Crippen molar-refractivity contribution in [2.45, 2.75) is 6.04 Å². The first-order chi connectivity index (χ1) is 8.32. The van der Waals surface area contributed by atoms with Gasteiger partial charge < -0.3 is 16.2 Å². The zero-order valence-electron chi connectivity index (χ0n) is 8.93. The largest absolute Gasteiger partial charge is 0.489 e. The summed E-state index contributed by atoms with van der Waals surface area (Å²) in [6.45, 7) is -0.121. The van der Waals surface area contributed by atoms with E-state index in [1.54, 1.807) is 0 Å². The highest BCUT2D eigenvalue weighted by atomic mass is 79.9. The quantitative estimate of drug-likeness (QED) is 0.587. The second-order valence-corrected chi connectivity index (χ2v) is 5.02. The van der Waals surface area contributed by atoms with Gasteiger partial charge in [0.25, 0.3) is 5.69 Å². The first kappa shape index (κ1) is 14.9. The van der Waals surface area contributed by atoms with Crippen molar-refractivity contribution in [1.29, 1.82) is 0 Å². The molecule has 0 spiro atoms. The molecule has 7 nitrogen and oxygen atoms in total. The Balaban J connectivity index is 2.90. The summed E-state index contributed by atoms with van der Waals surface area (Å²) in [7, 11) is 0. The molecule has 9 heteroatoms. The van der Waals surface area contributed by atoms with E-state index in [9.17, 15) is 14.9 Å². The van der Waals surface area contributed by atoms with E-state index in [1.165, 1.54) is 12.1 Å². The average Bonchev–Trinajstić information content (AvgIpc) is 2.26. The van der Waals surface area contributed by atoms with Crippen LogP contribution >= 0.6 is 31.9 Å². The number of nitrogens with zero attached hydrogens (tertiary/aromatic N) is 1. The number of nitro groups is 1. The Bertz CT molecular complexity index is 472. The van der Waals surface area contributed by atoms with Crippen LogP contribution in [0.3, 0.4) is 0 Å². The van der Waals surface area contributed by atoms with Crippen LogP contribution in [0.5, 0.6) is 5.75 Å². The first-order valence-electron chi connectivity index (χ1n) is 4.64. The summed E-state index contributed by atoms with van der Waals surface area (Å²) in [5.74, 6) is -0.374. The minimum Gasteiger partial charge on any atom is -0.489 e. The van der Waals surface area contributed by atoms with Gasteiger partial charge in [0.15, 0.2) is 0 Å². The normalized spacial score (nSPS) is 11.9. The van der Waals surface area contributed by atoms with Crippen LogP contribution in [0.2, 0.25) is 0 Å². The molecule has 0 aliphatic carbocycles. The van der Waals surface area contributed by atoms with Crippen LogP contribution in [0.25, 0.3) is 0 Å². The van der Waals surface area contributed by atoms with Crippen LogP contribution in [-0.4, -0.2) is 23.5 Å². The molecule has 1 amide bonds. The molecule has 1 rings (SSSR count). The van der Waals surface area contributed by atoms with Crippen molar-refractivity contribution in [3.8, 4) is 5.75 Å². The van der Waals surface area contributed by atoms with Gasteiger partial charge in [0, 0.05) is 12.1 Å². The fourth-order valence-corrected chi connectivity index (χ4v) is 2.44. The summed E-state index contributed by atoms with van der Waals surface area (Å²) < 4.78 is 6.03. The second kappa shape index (κ2) is 6.12. The standard InChI is InChI=1S/C9H9Br2N3O4/c10-5-1-4(14(16)17)2-6(11)8(5)18-3-7(12)9(13)15/h1-2,7H,3,12H2,(H2,13,15). The van der Waals surface area contributed by atoms with Gasteiger partial charge in [-0.2, -0.15) is 0 Å². The van der Waals surface area contributed by atoms with E-state index in [0.717, 1.165) is 0 Å². The molecule has 1 atom stereocenters. The number of amides is 1. The van der Waals surface area contributed by atoms with Crippen molar-refractivity contribution in [2.75, 3.05) is 6.61 Å². The van der Waals surface area contributed by atoms with Gasteiger partial charge >= 0.3 is 0 Å². The molecule has 0 bridgehead atoms. The molecular weight excluding hydrogens is 374 g/mol. The van der Waals surface area contributed by atoms with Crippen molar-refractivity contribution in [2.24, 2.45) is 11.5 Å². The molecule has 1 aromatic rings. The molecule has 4 N–H and O–H groups in total.